The highest BCUT2D eigenvalue weighted by molar-refractivity contribution is 7.80. The number of nitrogens with one attached hydrogen (secondary N) is 2. The van der Waals surface area contributed by atoms with Gasteiger partial charge in [0.05, 0.1) is 25.5 Å². The maximum atomic E-state index is 12.5. The molecule has 0 saturated heterocycles. The van der Waals surface area contributed by atoms with E-state index in [0.29, 0.717) is 40.6 Å². The van der Waals surface area contributed by atoms with Crippen molar-refractivity contribution >= 4 is 29.5 Å². The molecule has 0 aromatic heterocycles. The Balaban J connectivity index is 1.56. The Kier molecular flexibility index (Phi) is 8.86. The summed E-state index contributed by atoms with van der Waals surface area (Å²) in [7, 11) is 1.52. The zero-order valence-corrected chi connectivity index (χ0v) is 19.2. The molecule has 0 amide bonds. The summed E-state index contributed by atoms with van der Waals surface area (Å²) >= 11 is 5.31. The summed E-state index contributed by atoms with van der Waals surface area (Å²) in [5.41, 5.74) is 4.05. The Labute approximate surface area is 194 Å². The highest BCUT2D eigenvalue weighted by Gasteiger charge is 2.14. The van der Waals surface area contributed by atoms with Crippen LogP contribution >= 0.6 is 12.2 Å². The largest absolute Gasteiger partial charge is 0.494 e. The van der Waals surface area contributed by atoms with Crippen LogP contribution in [0, 0.1) is 0 Å². The first-order valence-electron chi connectivity index (χ1n) is 10.8. The fourth-order valence-electron chi connectivity index (χ4n) is 3.49. The van der Waals surface area contributed by atoms with Crippen LogP contribution in [0.2, 0.25) is 0 Å². The predicted octanol–water partition coefficient (Wildman–Crippen LogP) is 4.44. The molecule has 0 unspecified atom stereocenters. The molecule has 0 radical (unpaired) electrons. The van der Waals surface area contributed by atoms with Gasteiger partial charge < -0.3 is 19.5 Å². The van der Waals surface area contributed by atoms with Gasteiger partial charge in [-0.3, -0.25) is 5.43 Å². The molecule has 170 valence electrons. The molecule has 2 aromatic rings. The minimum Gasteiger partial charge on any atom is -0.494 e. The van der Waals surface area contributed by atoms with Crippen molar-refractivity contribution in [1.29, 1.82) is 0 Å². The number of esters is 1. The number of nitrogens with zero attached hydrogens (tertiary/aromatic N) is 1. The highest BCUT2D eigenvalue weighted by Crippen LogP contribution is 2.28. The zero-order valence-electron chi connectivity index (χ0n) is 18.4. The van der Waals surface area contributed by atoms with Crippen LogP contribution in [0.1, 0.15) is 54.9 Å². The number of hydrazone groups is 1. The molecule has 3 rings (SSSR count). The summed E-state index contributed by atoms with van der Waals surface area (Å²) in [5, 5.41) is 8.01. The van der Waals surface area contributed by atoms with Crippen molar-refractivity contribution in [3.05, 3.63) is 53.6 Å². The second kappa shape index (κ2) is 12.0. The summed E-state index contributed by atoms with van der Waals surface area (Å²) < 4.78 is 16.3. The average Bonchev–Trinajstić information content (AvgIpc) is 2.81. The van der Waals surface area contributed by atoms with Gasteiger partial charge in [0.25, 0.3) is 0 Å². The Morgan fingerprint density at radius 2 is 1.88 bits per heavy atom. The summed E-state index contributed by atoms with van der Waals surface area (Å²) in [6.45, 7) is 2.47. The second-order valence-electron chi connectivity index (χ2n) is 7.44. The van der Waals surface area contributed by atoms with Crippen molar-refractivity contribution in [3.8, 4) is 17.2 Å². The van der Waals surface area contributed by atoms with E-state index in [1.807, 2.05) is 6.92 Å². The van der Waals surface area contributed by atoms with E-state index in [9.17, 15) is 4.79 Å². The van der Waals surface area contributed by atoms with Gasteiger partial charge in [-0.15, -0.1) is 0 Å². The molecule has 32 heavy (non-hydrogen) atoms. The number of ether oxygens (including phenoxy) is 3. The molecule has 7 nitrogen and oxygen atoms in total. The lowest BCUT2D eigenvalue weighted by molar-refractivity contribution is 0.0729. The van der Waals surface area contributed by atoms with Crippen LogP contribution in [-0.2, 0) is 0 Å². The van der Waals surface area contributed by atoms with Gasteiger partial charge in [-0.1, -0.05) is 19.3 Å². The van der Waals surface area contributed by atoms with E-state index in [1.54, 1.807) is 48.7 Å². The maximum Gasteiger partial charge on any atom is 0.343 e. The minimum atomic E-state index is -0.478. The normalized spacial score (nSPS) is 14.1. The van der Waals surface area contributed by atoms with E-state index < -0.39 is 5.97 Å². The Morgan fingerprint density at radius 1 is 1.12 bits per heavy atom. The maximum absolute atomic E-state index is 12.5. The average molecular weight is 456 g/mol. The van der Waals surface area contributed by atoms with Gasteiger partial charge in [-0.25, -0.2) is 4.79 Å². The molecule has 1 aliphatic rings. The zero-order chi connectivity index (χ0) is 22.8. The summed E-state index contributed by atoms with van der Waals surface area (Å²) in [4.78, 5) is 12.5. The monoisotopic (exact) mass is 455 g/mol. The van der Waals surface area contributed by atoms with Crippen molar-refractivity contribution in [2.45, 2.75) is 45.1 Å². The molecule has 2 aromatic carbocycles. The van der Waals surface area contributed by atoms with Crippen molar-refractivity contribution < 1.29 is 19.0 Å². The molecule has 0 spiro atoms. The first-order valence-corrected chi connectivity index (χ1v) is 11.2. The second-order valence-corrected chi connectivity index (χ2v) is 7.84. The first-order chi connectivity index (χ1) is 15.6. The fourth-order valence-corrected chi connectivity index (χ4v) is 3.71. The highest BCUT2D eigenvalue weighted by atomic mass is 32.1. The topological polar surface area (TPSA) is 81.2 Å². The number of rotatable bonds is 8. The smallest absolute Gasteiger partial charge is 0.343 e. The third kappa shape index (κ3) is 6.95. The molecule has 1 saturated carbocycles. The number of benzene rings is 2. The van der Waals surface area contributed by atoms with E-state index in [4.69, 9.17) is 26.4 Å². The Hall–Kier alpha value is -3.13. The van der Waals surface area contributed by atoms with Crippen LogP contribution in [-0.4, -0.2) is 37.1 Å². The van der Waals surface area contributed by atoms with E-state index >= 15 is 0 Å². The fraction of sp³-hybridized carbons (Fsp3) is 0.375. The summed E-state index contributed by atoms with van der Waals surface area (Å²) in [6.07, 6.45) is 7.68. The number of carbonyl (C=O) groups excluding carboxylic acids is 1. The van der Waals surface area contributed by atoms with Crippen LogP contribution < -0.4 is 25.0 Å². The standard InChI is InChI=1S/C24H29N3O4S/c1-3-30-20-12-10-18(11-13-20)23(28)31-21-14-9-17(15-22(21)29-2)16-25-27-24(32)26-19-7-5-4-6-8-19/h9-16,19H,3-8H2,1-2H3,(H2,26,27,32). The molecule has 1 fully saturated rings. The van der Waals surface area contributed by atoms with Crippen molar-refractivity contribution in [2.75, 3.05) is 13.7 Å². The van der Waals surface area contributed by atoms with Gasteiger partial charge in [0, 0.05) is 6.04 Å². The molecule has 2 N–H and O–H groups in total. The van der Waals surface area contributed by atoms with E-state index in [0.717, 1.165) is 18.4 Å². The van der Waals surface area contributed by atoms with Crippen molar-refractivity contribution in [1.82, 2.24) is 10.7 Å². The lowest BCUT2D eigenvalue weighted by atomic mass is 9.96. The third-order valence-corrected chi connectivity index (χ3v) is 5.32. The van der Waals surface area contributed by atoms with Gasteiger partial charge in [0.2, 0.25) is 0 Å². The molecule has 0 aliphatic heterocycles. The SMILES string of the molecule is CCOc1ccc(C(=O)Oc2ccc(C=NNC(=S)NC3CCCCC3)cc2OC)cc1. The summed E-state index contributed by atoms with van der Waals surface area (Å²) in [6, 6.07) is 12.4. The Bertz CT molecular complexity index is 941. The minimum absolute atomic E-state index is 0.325. The lowest BCUT2D eigenvalue weighted by Gasteiger charge is -2.23. The molecular formula is C24H29N3O4S. The van der Waals surface area contributed by atoms with Crippen LogP contribution in [0.3, 0.4) is 0 Å². The molecule has 0 atom stereocenters. The van der Waals surface area contributed by atoms with Crippen LogP contribution in [0.25, 0.3) is 0 Å². The molecule has 0 heterocycles. The molecular weight excluding hydrogens is 426 g/mol. The van der Waals surface area contributed by atoms with E-state index in [2.05, 4.69) is 15.8 Å². The molecule has 0 bridgehead atoms. The van der Waals surface area contributed by atoms with Crippen LogP contribution in [0.15, 0.2) is 47.6 Å². The first kappa shape index (κ1) is 23.5. The van der Waals surface area contributed by atoms with Crippen molar-refractivity contribution in [2.24, 2.45) is 5.10 Å². The van der Waals surface area contributed by atoms with Gasteiger partial charge in [0.15, 0.2) is 16.6 Å². The predicted molar refractivity (Wildman–Crippen MR) is 129 cm³/mol. The number of thiocarbonyl (C=S) groups is 1. The van der Waals surface area contributed by atoms with Crippen LogP contribution in [0.5, 0.6) is 17.2 Å². The number of hydrogen-bond donors (Lipinski definition) is 2. The number of hydrogen-bond acceptors (Lipinski definition) is 6. The Morgan fingerprint density at radius 3 is 2.56 bits per heavy atom. The summed E-state index contributed by atoms with van der Waals surface area (Å²) in [5.74, 6) is 0.975. The quantitative estimate of drug-likeness (QED) is 0.200. The van der Waals surface area contributed by atoms with E-state index in [1.165, 1.54) is 26.4 Å². The number of carbonyl (C=O) groups is 1. The molecule has 1 aliphatic carbocycles. The van der Waals surface area contributed by atoms with E-state index in [-0.39, 0.29) is 0 Å². The third-order valence-electron chi connectivity index (χ3n) is 5.11. The number of methoxy groups -OCH3 is 1. The van der Waals surface area contributed by atoms with Crippen LogP contribution in [0.4, 0.5) is 0 Å². The van der Waals surface area contributed by atoms with Gasteiger partial charge in [-0.2, -0.15) is 5.10 Å². The van der Waals surface area contributed by atoms with Gasteiger partial charge >= 0.3 is 5.97 Å². The molecule has 8 heteroatoms. The van der Waals surface area contributed by atoms with Gasteiger partial charge in [0.1, 0.15) is 5.75 Å². The van der Waals surface area contributed by atoms with Gasteiger partial charge in [-0.05, 0) is 80.0 Å². The van der Waals surface area contributed by atoms with Crippen molar-refractivity contribution in [3.63, 3.8) is 0 Å². The lowest BCUT2D eigenvalue weighted by Crippen LogP contribution is -2.40.